The summed E-state index contributed by atoms with van der Waals surface area (Å²) in [5.41, 5.74) is 0.583. The summed E-state index contributed by atoms with van der Waals surface area (Å²) in [6.07, 6.45) is 3.60. The smallest absolute Gasteiger partial charge is 0.153 e. The van der Waals surface area contributed by atoms with E-state index in [1.807, 2.05) is 0 Å². The molecule has 1 aliphatic heterocycles. The Kier molecular flexibility index (Phi) is 4.90. The third-order valence-corrected chi connectivity index (χ3v) is 1.42. The molecule has 72 valence electrons. The summed E-state index contributed by atoms with van der Waals surface area (Å²) in [7, 11) is 0. The van der Waals surface area contributed by atoms with Crippen molar-refractivity contribution in [1.29, 1.82) is 0 Å². The molecule has 1 aromatic rings. The molecule has 0 aliphatic carbocycles. The zero-order chi connectivity index (χ0) is 9.36. The van der Waals surface area contributed by atoms with Crippen LogP contribution < -0.4 is 0 Å². The molecule has 0 unspecified atom stereocenters. The molecule has 1 aliphatic rings. The zero-order valence-electron chi connectivity index (χ0n) is 7.27. The quantitative estimate of drug-likeness (QED) is 0.614. The normalized spacial score (nSPS) is 15.7. The molecule has 0 bridgehead atoms. The summed E-state index contributed by atoms with van der Waals surface area (Å²) in [5, 5.41) is 0. The lowest BCUT2D eigenvalue weighted by molar-refractivity contribution is -0.0334. The van der Waals surface area contributed by atoms with Crippen LogP contribution in [0.4, 0.5) is 0 Å². The highest BCUT2D eigenvalue weighted by molar-refractivity contribution is 5.73. The Balaban J connectivity index is 0.000000132. The van der Waals surface area contributed by atoms with Crippen molar-refractivity contribution in [2.45, 2.75) is 0 Å². The summed E-state index contributed by atoms with van der Waals surface area (Å²) in [6, 6.07) is 1.60. The monoisotopic (exact) mass is 184 g/mol. The van der Waals surface area contributed by atoms with Crippen molar-refractivity contribution in [3.05, 3.63) is 24.2 Å². The van der Waals surface area contributed by atoms with Gasteiger partial charge in [0.1, 0.15) is 6.26 Å². The number of furan rings is 1. The van der Waals surface area contributed by atoms with Crippen molar-refractivity contribution < 1.29 is 18.7 Å². The van der Waals surface area contributed by atoms with E-state index < -0.39 is 0 Å². The molecule has 0 amide bonds. The lowest BCUT2D eigenvalue weighted by Crippen LogP contribution is -2.16. The van der Waals surface area contributed by atoms with Gasteiger partial charge in [0.2, 0.25) is 0 Å². The van der Waals surface area contributed by atoms with E-state index >= 15 is 0 Å². The number of ether oxygens (including phenoxy) is 2. The second-order valence-corrected chi connectivity index (χ2v) is 2.40. The average molecular weight is 184 g/mol. The summed E-state index contributed by atoms with van der Waals surface area (Å²) in [6.45, 7) is 3.11. The van der Waals surface area contributed by atoms with Gasteiger partial charge in [-0.2, -0.15) is 0 Å². The van der Waals surface area contributed by atoms with E-state index in [1.54, 1.807) is 6.07 Å². The van der Waals surface area contributed by atoms with Crippen molar-refractivity contribution in [3.63, 3.8) is 0 Å². The first-order valence-corrected chi connectivity index (χ1v) is 4.06. The standard InChI is InChI=1S/C5H4O2.C4H8O2/c6-3-5-1-2-7-4-5;1-2-6-4-3-5-1/h1-4H;1-4H2. The van der Waals surface area contributed by atoms with E-state index in [1.165, 1.54) is 12.5 Å². The Morgan fingerprint density at radius 1 is 1.15 bits per heavy atom. The van der Waals surface area contributed by atoms with Crippen LogP contribution in [-0.2, 0) is 9.47 Å². The maximum absolute atomic E-state index is 9.81. The van der Waals surface area contributed by atoms with Crippen LogP contribution in [0.5, 0.6) is 0 Å². The molecular formula is C9H12O4. The first-order chi connectivity index (χ1) is 6.43. The molecular weight excluding hydrogens is 172 g/mol. The van der Waals surface area contributed by atoms with Crippen LogP contribution >= 0.6 is 0 Å². The summed E-state index contributed by atoms with van der Waals surface area (Å²) >= 11 is 0. The van der Waals surface area contributed by atoms with Gasteiger partial charge in [-0.15, -0.1) is 0 Å². The molecule has 4 heteroatoms. The fourth-order valence-electron chi connectivity index (χ4n) is 0.782. The van der Waals surface area contributed by atoms with Gasteiger partial charge in [0.15, 0.2) is 6.29 Å². The molecule has 13 heavy (non-hydrogen) atoms. The van der Waals surface area contributed by atoms with Crippen LogP contribution in [0.1, 0.15) is 10.4 Å². The fraction of sp³-hybridized carbons (Fsp3) is 0.444. The van der Waals surface area contributed by atoms with Crippen LogP contribution in [0.15, 0.2) is 23.0 Å². The molecule has 0 aromatic carbocycles. The maximum atomic E-state index is 9.81. The number of aldehydes is 1. The van der Waals surface area contributed by atoms with Gasteiger partial charge in [-0.3, -0.25) is 4.79 Å². The molecule has 2 rings (SSSR count). The van der Waals surface area contributed by atoms with Crippen LogP contribution in [0.3, 0.4) is 0 Å². The third kappa shape index (κ3) is 4.45. The molecule has 0 saturated carbocycles. The Labute approximate surface area is 76.4 Å². The molecule has 1 aromatic heterocycles. The Hall–Kier alpha value is -1.13. The minimum absolute atomic E-state index is 0.583. The van der Waals surface area contributed by atoms with E-state index in [2.05, 4.69) is 4.42 Å². The molecule has 0 atom stereocenters. The van der Waals surface area contributed by atoms with Gasteiger partial charge in [0, 0.05) is 0 Å². The summed E-state index contributed by atoms with van der Waals surface area (Å²) in [5.74, 6) is 0. The second kappa shape index (κ2) is 6.39. The minimum Gasteiger partial charge on any atom is -0.472 e. The van der Waals surface area contributed by atoms with Gasteiger partial charge >= 0.3 is 0 Å². The van der Waals surface area contributed by atoms with E-state index in [0.717, 1.165) is 32.7 Å². The molecule has 0 spiro atoms. The minimum atomic E-state index is 0.583. The number of hydrogen-bond donors (Lipinski definition) is 0. The molecule has 1 saturated heterocycles. The topological polar surface area (TPSA) is 48.7 Å². The van der Waals surface area contributed by atoms with Crippen LogP contribution in [-0.4, -0.2) is 32.7 Å². The molecule has 2 heterocycles. The zero-order valence-corrected chi connectivity index (χ0v) is 7.27. The highest BCUT2D eigenvalue weighted by Gasteiger charge is 1.94. The number of rotatable bonds is 1. The van der Waals surface area contributed by atoms with Gasteiger partial charge in [0.25, 0.3) is 0 Å². The number of hydrogen-bond acceptors (Lipinski definition) is 4. The van der Waals surface area contributed by atoms with Crippen LogP contribution in [0, 0.1) is 0 Å². The molecule has 0 radical (unpaired) electrons. The van der Waals surface area contributed by atoms with Gasteiger partial charge in [0.05, 0.1) is 38.3 Å². The average Bonchev–Trinajstić information content (AvgIpc) is 2.74. The van der Waals surface area contributed by atoms with Crippen LogP contribution in [0.2, 0.25) is 0 Å². The lowest BCUT2D eigenvalue weighted by atomic mass is 10.4. The van der Waals surface area contributed by atoms with Crippen LogP contribution in [0.25, 0.3) is 0 Å². The van der Waals surface area contributed by atoms with E-state index in [0.29, 0.717) is 5.56 Å². The lowest BCUT2D eigenvalue weighted by Gasteiger charge is -2.09. The summed E-state index contributed by atoms with van der Waals surface area (Å²) < 4.78 is 14.5. The van der Waals surface area contributed by atoms with Crippen molar-refractivity contribution in [2.75, 3.05) is 26.4 Å². The Bertz CT molecular complexity index is 202. The van der Waals surface area contributed by atoms with E-state index in [-0.39, 0.29) is 0 Å². The van der Waals surface area contributed by atoms with Crippen molar-refractivity contribution in [3.8, 4) is 0 Å². The molecule has 4 nitrogen and oxygen atoms in total. The predicted molar refractivity (Wildman–Crippen MR) is 45.7 cm³/mol. The predicted octanol–water partition coefficient (Wildman–Crippen LogP) is 1.13. The van der Waals surface area contributed by atoms with E-state index in [4.69, 9.17) is 9.47 Å². The van der Waals surface area contributed by atoms with Crippen molar-refractivity contribution in [1.82, 2.24) is 0 Å². The number of carbonyl (C=O) groups is 1. The Morgan fingerprint density at radius 3 is 2.00 bits per heavy atom. The largest absolute Gasteiger partial charge is 0.472 e. The molecule has 0 N–H and O–H groups in total. The maximum Gasteiger partial charge on any atom is 0.153 e. The van der Waals surface area contributed by atoms with Gasteiger partial charge in [-0.25, -0.2) is 0 Å². The second-order valence-electron chi connectivity index (χ2n) is 2.40. The molecule has 1 fully saturated rings. The Morgan fingerprint density at radius 2 is 1.77 bits per heavy atom. The highest BCUT2D eigenvalue weighted by atomic mass is 16.6. The third-order valence-electron chi connectivity index (χ3n) is 1.42. The van der Waals surface area contributed by atoms with Crippen molar-refractivity contribution >= 4 is 6.29 Å². The fourth-order valence-corrected chi connectivity index (χ4v) is 0.782. The van der Waals surface area contributed by atoms with Gasteiger partial charge < -0.3 is 13.9 Å². The first kappa shape index (κ1) is 9.95. The van der Waals surface area contributed by atoms with Gasteiger partial charge in [-0.05, 0) is 6.07 Å². The van der Waals surface area contributed by atoms with Gasteiger partial charge in [-0.1, -0.05) is 0 Å². The summed E-state index contributed by atoms with van der Waals surface area (Å²) in [4.78, 5) is 9.81. The SMILES string of the molecule is C1COCCO1.O=Cc1ccoc1. The highest BCUT2D eigenvalue weighted by Crippen LogP contribution is 1.92. The van der Waals surface area contributed by atoms with E-state index in [9.17, 15) is 4.79 Å². The number of carbonyl (C=O) groups excluding carboxylic acids is 1. The first-order valence-electron chi connectivity index (χ1n) is 4.06. The van der Waals surface area contributed by atoms with Crippen molar-refractivity contribution in [2.24, 2.45) is 0 Å².